The van der Waals surface area contributed by atoms with Crippen LogP contribution in [-0.2, 0) is 4.74 Å². The van der Waals surface area contributed by atoms with Gasteiger partial charge in [0.15, 0.2) is 18.3 Å². The van der Waals surface area contributed by atoms with Crippen molar-refractivity contribution in [2.24, 2.45) is 5.10 Å². The zero-order valence-corrected chi connectivity index (χ0v) is 10.8. The highest BCUT2D eigenvalue weighted by Crippen LogP contribution is 2.23. The first-order chi connectivity index (χ1) is 10.1. The van der Waals surface area contributed by atoms with Gasteiger partial charge in [0.2, 0.25) is 0 Å². The van der Waals surface area contributed by atoms with E-state index in [0.717, 1.165) is 12.1 Å². The van der Waals surface area contributed by atoms with Crippen LogP contribution in [0.25, 0.3) is 0 Å². The SMILES string of the molecule is Nc1cccc(N2COC(Oc3ccc(F)cc3F)=N2)c1. The maximum atomic E-state index is 13.5. The van der Waals surface area contributed by atoms with Gasteiger partial charge in [-0.05, 0) is 30.3 Å². The minimum atomic E-state index is -0.830. The van der Waals surface area contributed by atoms with Crippen LogP contribution in [0.5, 0.6) is 5.75 Å². The number of benzene rings is 2. The summed E-state index contributed by atoms with van der Waals surface area (Å²) in [5, 5.41) is 5.55. The molecule has 1 aliphatic heterocycles. The van der Waals surface area contributed by atoms with Crippen molar-refractivity contribution in [2.75, 3.05) is 17.5 Å². The van der Waals surface area contributed by atoms with Crippen molar-refractivity contribution in [3.63, 3.8) is 0 Å². The number of ether oxygens (including phenoxy) is 2. The molecule has 1 heterocycles. The molecule has 5 nitrogen and oxygen atoms in total. The molecule has 2 N–H and O–H groups in total. The van der Waals surface area contributed by atoms with Crippen LogP contribution >= 0.6 is 0 Å². The molecule has 0 aromatic heterocycles. The molecule has 0 amide bonds. The summed E-state index contributed by atoms with van der Waals surface area (Å²) in [7, 11) is 0. The van der Waals surface area contributed by atoms with E-state index in [2.05, 4.69) is 5.10 Å². The average Bonchev–Trinajstić information content (AvgIpc) is 2.91. The normalized spacial score (nSPS) is 13.8. The van der Waals surface area contributed by atoms with Crippen molar-refractivity contribution in [1.29, 1.82) is 0 Å². The van der Waals surface area contributed by atoms with Gasteiger partial charge in [-0.3, -0.25) is 0 Å². The molecule has 2 aromatic rings. The lowest BCUT2D eigenvalue weighted by Gasteiger charge is -2.10. The van der Waals surface area contributed by atoms with Crippen molar-refractivity contribution >= 4 is 17.5 Å². The largest absolute Gasteiger partial charge is 0.426 e. The number of anilines is 2. The number of hydrazone groups is 1. The number of hydrogen-bond acceptors (Lipinski definition) is 5. The van der Waals surface area contributed by atoms with Crippen LogP contribution in [-0.4, -0.2) is 12.8 Å². The lowest BCUT2D eigenvalue weighted by molar-refractivity contribution is 0.264. The fraction of sp³-hybridized carbons (Fsp3) is 0.0714. The first kappa shape index (κ1) is 13.2. The van der Waals surface area contributed by atoms with Crippen LogP contribution in [0.3, 0.4) is 0 Å². The predicted octanol–water partition coefficient (Wildman–Crippen LogP) is 2.69. The van der Waals surface area contributed by atoms with Gasteiger partial charge in [0, 0.05) is 11.8 Å². The van der Waals surface area contributed by atoms with Crippen LogP contribution < -0.4 is 15.5 Å². The second kappa shape index (κ2) is 5.28. The quantitative estimate of drug-likeness (QED) is 0.864. The van der Waals surface area contributed by atoms with Gasteiger partial charge in [0.25, 0.3) is 0 Å². The first-order valence-electron chi connectivity index (χ1n) is 6.09. The zero-order chi connectivity index (χ0) is 14.8. The van der Waals surface area contributed by atoms with Gasteiger partial charge < -0.3 is 15.2 Å². The third-order valence-corrected chi connectivity index (χ3v) is 2.77. The number of nitrogens with two attached hydrogens (primary N) is 1. The lowest BCUT2D eigenvalue weighted by Crippen LogP contribution is -2.13. The Balaban J connectivity index is 1.77. The molecule has 7 heteroatoms. The monoisotopic (exact) mass is 291 g/mol. The first-order valence-corrected chi connectivity index (χ1v) is 6.09. The smallest absolute Gasteiger partial charge is 0.413 e. The fourth-order valence-corrected chi connectivity index (χ4v) is 1.79. The minimum Gasteiger partial charge on any atom is -0.426 e. The van der Waals surface area contributed by atoms with Gasteiger partial charge in [0.05, 0.1) is 5.69 Å². The van der Waals surface area contributed by atoms with Gasteiger partial charge >= 0.3 is 6.08 Å². The Hall–Kier alpha value is -2.83. The van der Waals surface area contributed by atoms with Crippen molar-refractivity contribution in [1.82, 2.24) is 0 Å². The summed E-state index contributed by atoms with van der Waals surface area (Å²) in [5.74, 6) is -1.68. The molecule has 3 rings (SSSR count). The van der Waals surface area contributed by atoms with E-state index in [1.165, 1.54) is 11.1 Å². The maximum absolute atomic E-state index is 13.5. The Morgan fingerprint density at radius 2 is 2.05 bits per heavy atom. The second-order valence-electron chi connectivity index (χ2n) is 4.31. The van der Waals surface area contributed by atoms with Crippen molar-refractivity contribution in [3.8, 4) is 5.75 Å². The molecule has 0 atom stereocenters. The third kappa shape index (κ3) is 2.86. The minimum absolute atomic E-state index is 0.113. The molecule has 0 unspecified atom stereocenters. The maximum Gasteiger partial charge on any atom is 0.413 e. The van der Waals surface area contributed by atoms with Gasteiger partial charge in [-0.25, -0.2) is 13.8 Å². The second-order valence-corrected chi connectivity index (χ2v) is 4.31. The molecule has 0 spiro atoms. The summed E-state index contributed by atoms with van der Waals surface area (Å²) in [6, 6.07) is 10.0. The van der Waals surface area contributed by atoms with E-state index < -0.39 is 11.6 Å². The van der Waals surface area contributed by atoms with E-state index in [-0.39, 0.29) is 18.6 Å². The Labute approximate surface area is 119 Å². The van der Waals surface area contributed by atoms with E-state index >= 15 is 0 Å². The Morgan fingerprint density at radius 3 is 2.81 bits per heavy atom. The molecule has 0 saturated heterocycles. The molecule has 0 bridgehead atoms. The number of halogens is 2. The third-order valence-electron chi connectivity index (χ3n) is 2.77. The standard InChI is InChI=1S/C14H11F2N3O2/c15-9-4-5-13(12(16)6-9)21-14-18-19(8-20-14)11-3-1-2-10(17)7-11/h1-7H,8,17H2. The molecular weight excluding hydrogens is 280 g/mol. The topological polar surface area (TPSA) is 60.1 Å². The Bertz CT molecular complexity index is 706. The van der Waals surface area contributed by atoms with E-state index in [9.17, 15) is 8.78 Å². The summed E-state index contributed by atoms with van der Waals surface area (Å²) in [5.41, 5.74) is 6.99. The lowest BCUT2D eigenvalue weighted by atomic mass is 10.3. The van der Waals surface area contributed by atoms with E-state index in [1.54, 1.807) is 24.3 Å². The number of rotatable bonds is 2. The van der Waals surface area contributed by atoms with Crippen molar-refractivity contribution in [2.45, 2.75) is 0 Å². The van der Waals surface area contributed by atoms with Crippen molar-refractivity contribution in [3.05, 3.63) is 54.1 Å². The van der Waals surface area contributed by atoms with E-state index in [1.807, 2.05) is 0 Å². The summed E-state index contributed by atoms with van der Waals surface area (Å²) in [6.45, 7) is 0.113. The highest BCUT2D eigenvalue weighted by atomic mass is 19.1. The number of nitrogen functional groups attached to an aromatic ring is 1. The molecule has 0 fully saturated rings. The van der Waals surface area contributed by atoms with Gasteiger partial charge in [-0.15, -0.1) is 0 Å². The molecule has 0 saturated carbocycles. The summed E-state index contributed by atoms with van der Waals surface area (Å²) in [4.78, 5) is 0. The molecule has 0 radical (unpaired) electrons. The van der Waals surface area contributed by atoms with Gasteiger partial charge in [-0.2, -0.15) is 0 Å². The van der Waals surface area contributed by atoms with Crippen LogP contribution in [0, 0.1) is 11.6 Å². The number of nitrogens with zero attached hydrogens (tertiary/aromatic N) is 2. The number of hydrogen-bond donors (Lipinski definition) is 1. The zero-order valence-electron chi connectivity index (χ0n) is 10.8. The van der Waals surface area contributed by atoms with Gasteiger partial charge in [0.1, 0.15) is 5.82 Å². The van der Waals surface area contributed by atoms with Gasteiger partial charge in [-0.1, -0.05) is 11.2 Å². The molecule has 1 aliphatic rings. The molecular formula is C14H11F2N3O2. The van der Waals surface area contributed by atoms with E-state index in [4.69, 9.17) is 15.2 Å². The Kier molecular flexibility index (Phi) is 3.31. The van der Waals surface area contributed by atoms with Crippen LogP contribution in [0.2, 0.25) is 0 Å². The molecule has 2 aromatic carbocycles. The molecule has 0 aliphatic carbocycles. The highest BCUT2D eigenvalue weighted by Gasteiger charge is 2.20. The van der Waals surface area contributed by atoms with E-state index in [0.29, 0.717) is 11.4 Å². The van der Waals surface area contributed by atoms with Crippen LogP contribution in [0.1, 0.15) is 0 Å². The summed E-state index contributed by atoms with van der Waals surface area (Å²) >= 11 is 0. The highest BCUT2D eigenvalue weighted by molar-refractivity contribution is 5.74. The summed E-state index contributed by atoms with van der Waals surface area (Å²) in [6.07, 6.45) is -0.122. The summed E-state index contributed by atoms with van der Waals surface area (Å²) < 4.78 is 36.6. The average molecular weight is 291 g/mol. The Morgan fingerprint density at radius 1 is 1.19 bits per heavy atom. The van der Waals surface area contributed by atoms with Crippen molar-refractivity contribution < 1.29 is 18.3 Å². The van der Waals surface area contributed by atoms with Crippen LogP contribution in [0.15, 0.2) is 47.6 Å². The fourth-order valence-electron chi connectivity index (χ4n) is 1.79. The van der Waals surface area contributed by atoms with Crippen LogP contribution in [0.4, 0.5) is 20.2 Å². The molecule has 21 heavy (non-hydrogen) atoms. The predicted molar refractivity (Wildman–Crippen MR) is 73.7 cm³/mol. The molecule has 108 valence electrons.